The summed E-state index contributed by atoms with van der Waals surface area (Å²) in [4.78, 5) is 21.2. The van der Waals surface area contributed by atoms with Crippen LogP contribution in [0.5, 0.6) is 0 Å². The Morgan fingerprint density at radius 1 is 1.47 bits per heavy atom. The Labute approximate surface area is 112 Å². The van der Waals surface area contributed by atoms with E-state index in [0.717, 1.165) is 30.9 Å². The number of nitrogens with zero attached hydrogens (tertiary/aromatic N) is 3. The third-order valence-corrected chi connectivity index (χ3v) is 3.60. The van der Waals surface area contributed by atoms with Crippen LogP contribution in [0.1, 0.15) is 25.5 Å². The van der Waals surface area contributed by atoms with Gasteiger partial charge in [-0.3, -0.25) is 14.7 Å². The Morgan fingerprint density at radius 3 is 2.74 bits per heavy atom. The van der Waals surface area contributed by atoms with E-state index in [1.807, 2.05) is 18.7 Å². The Morgan fingerprint density at radius 2 is 2.16 bits per heavy atom. The largest absolute Gasteiger partial charge is 0.480 e. The fraction of sp³-hybridized carbons (Fsp3) is 0.615. The summed E-state index contributed by atoms with van der Waals surface area (Å²) in [6, 6.07) is 0.721. The van der Waals surface area contributed by atoms with E-state index >= 15 is 0 Å². The van der Waals surface area contributed by atoms with Gasteiger partial charge in [-0.05, 0) is 26.3 Å². The van der Waals surface area contributed by atoms with Crippen LogP contribution in [0, 0.1) is 6.92 Å². The topological polar surface area (TPSA) is 78.4 Å². The van der Waals surface area contributed by atoms with Crippen molar-refractivity contribution < 1.29 is 9.90 Å². The van der Waals surface area contributed by atoms with Gasteiger partial charge < -0.3 is 10.4 Å². The molecule has 0 saturated heterocycles. The molecule has 0 spiro atoms. The van der Waals surface area contributed by atoms with Crippen LogP contribution in [0.25, 0.3) is 0 Å². The molecule has 0 amide bonds. The molecule has 1 fully saturated rings. The zero-order chi connectivity index (χ0) is 13.8. The molecule has 0 atom stereocenters. The molecular weight excluding hydrogens is 244 g/mol. The third kappa shape index (κ3) is 3.41. The first kappa shape index (κ1) is 13.7. The monoisotopic (exact) mass is 264 g/mol. The second kappa shape index (κ2) is 5.97. The average molecular weight is 264 g/mol. The summed E-state index contributed by atoms with van der Waals surface area (Å²) in [7, 11) is 0. The fourth-order valence-electron chi connectivity index (χ4n) is 2.42. The lowest BCUT2D eigenvalue weighted by Gasteiger charge is -2.42. The zero-order valence-electron chi connectivity index (χ0n) is 11.3. The highest BCUT2D eigenvalue weighted by atomic mass is 16.4. The Kier molecular flexibility index (Phi) is 4.31. The number of hydrogen-bond donors (Lipinski definition) is 2. The summed E-state index contributed by atoms with van der Waals surface area (Å²) in [5.41, 5.74) is 0.892. The smallest absolute Gasteiger partial charge is 0.317 e. The van der Waals surface area contributed by atoms with Gasteiger partial charge in [0.05, 0.1) is 12.2 Å². The first-order valence-electron chi connectivity index (χ1n) is 6.60. The minimum absolute atomic E-state index is 0.123. The number of aryl methyl sites for hydroxylation is 1. The maximum atomic E-state index is 10.8. The highest BCUT2D eigenvalue weighted by Crippen LogP contribution is 2.28. The van der Waals surface area contributed by atoms with Crippen LogP contribution >= 0.6 is 0 Å². The molecule has 19 heavy (non-hydrogen) atoms. The first-order valence-corrected chi connectivity index (χ1v) is 6.60. The van der Waals surface area contributed by atoms with Crippen molar-refractivity contribution in [3.8, 4) is 0 Å². The molecule has 1 aliphatic carbocycles. The van der Waals surface area contributed by atoms with Gasteiger partial charge in [0.25, 0.3) is 0 Å². The number of carboxylic acids is 1. The van der Waals surface area contributed by atoms with E-state index in [4.69, 9.17) is 5.11 Å². The lowest BCUT2D eigenvalue weighted by molar-refractivity contribution is -0.139. The molecule has 0 bridgehead atoms. The Hall–Kier alpha value is -1.69. The molecule has 104 valence electrons. The van der Waals surface area contributed by atoms with Gasteiger partial charge in [-0.1, -0.05) is 6.92 Å². The van der Waals surface area contributed by atoms with Crippen molar-refractivity contribution in [2.75, 3.05) is 18.4 Å². The van der Waals surface area contributed by atoms with Gasteiger partial charge in [-0.25, -0.2) is 4.98 Å². The summed E-state index contributed by atoms with van der Waals surface area (Å²) in [6.45, 7) is 4.82. The molecule has 0 aliphatic heterocycles. The van der Waals surface area contributed by atoms with Gasteiger partial charge in [0.1, 0.15) is 5.82 Å². The summed E-state index contributed by atoms with van der Waals surface area (Å²) in [6.07, 6.45) is 5.26. The quantitative estimate of drug-likeness (QED) is 0.802. The van der Waals surface area contributed by atoms with E-state index < -0.39 is 5.97 Å². The van der Waals surface area contributed by atoms with E-state index in [1.165, 1.54) is 0 Å². The maximum Gasteiger partial charge on any atom is 0.317 e. The SMILES string of the molecule is CCN(CC(=O)O)C1CC(Nc2nccnc2C)C1. The molecular formula is C13H20N4O2. The van der Waals surface area contributed by atoms with Crippen LogP contribution in [0.2, 0.25) is 0 Å². The van der Waals surface area contributed by atoms with Gasteiger partial charge in [-0.2, -0.15) is 0 Å². The number of anilines is 1. The Balaban J connectivity index is 1.83. The van der Waals surface area contributed by atoms with Crippen LogP contribution in [0.15, 0.2) is 12.4 Å². The second-order valence-electron chi connectivity index (χ2n) is 4.91. The molecule has 1 heterocycles. The summed E-state index contributed by atoms with van der Waals surface area (Å²) in [5, 5.41) is 12.2. The molecule has 0 aromatic carbocycles. The predicted molar refractivity (Wildman–Crippen MR) is 72.1 cm³/mol. The van der Waals surface area contributed by atoms with E-state index in [-0.39, 0.29) is 6.54 Å². The molecule has 6 heteroatoms. The zero-order valence-corrected chi connectivity index (χ0v) is 11.3. The number of aromatic nitrogens is 2. The third-order valence-electron chi connectivity index (χ3n) is 3.60. The van der Waals surface area contributed by atoms with Gasteiger partial charge >= 0.3 is 5.97 Å². The van der Waals surface area contributed by atoms with Crippen molar-refractivity contribution in [3.63, 3.8) is 0 Å². The van der Waals surface area contributed by atoms with Crippen molar-refractivity contribution in [1.82, 2.24) is 14.9 Å². The highest BCUT2D eigenvalue weighted by molar-refractivity contribution is 5.69. The van der Waals surface area contributed by atoms with E-state index in [9.17, 15) is 4.79 Å². The van der Waals surface area contributed by atoms with Gasteiger partial charge in [0, 0.05) is 24.5 Å². The number of nitrogens with one attached hydrogen (secondary N) is 1. The predicted octanol–water partition coefficient (Wildman–Crippen LogP) is 1.13. The lowest BCUT2D eigenvalue weighted by Crippen LogP contribution is -2.51. The molecule has 1 aromatic rings. The fourth-order valence-corrected chi connectivity index (χ4v) is 2.42. The van der Waals surface area contributed by atoms with Gasteiger partial charge in [-0.15, -0.1) is 0 Å². The van der Waals surface area contributed by atoms with Crippen LogP contribution in [-0.4, -0.2) is 51.1 Å². The number of likely N-dealkylation sites (N-methyl/N-ethyl adjacent to an activating group) is 1. The van der Waals surface area contributed by atoms with Crippen molar-refractivity contribution in [2.45, 2.75) is 38.8 Å². The summed E-state index contributed by atoms with van der Waals surface area (Å²) < 4.78 is 0. The van der Waals surface area contributed by atoms with Crippen LogP contribution in [0.3, 0.4) is 0 Å². The number of rotatable bonds is 6. The van der Waals surface area contributed by atoms with Crippen molar-refractivity contribution in [1.29, 1.82) is 0 Å². The lowest BCUT2D eigenvalue weighted by atomic mass is 9.85. The van der Waals surface area contributed by atoms with E-state index in [1.54, 1.807) is 12.4 Å². The van der Waals surface area contributed by atoms with Crippen molar-refractivity contribution >= 4 is 11.8 Å². The molecule has 2 N–H and O–H groups in total. The van der Waals surface area contributed by atoms with Crippen LogP contribution < -0.4 is 5.32 Å². The molecule has 2 rings (SSSR count). The minimum Gasteiger partial charge on any atom is -0.480 e. The number of carboxylic acid groups (broad SMARTS) is 1. The first-order chi connectivity index (χ1) is 9.10. The molecule has 1 aliphatic rings. The molecule has 0 radical (unpaired) electrons. The van der Waals surface area contributed by atoms with Gasteiger partial charge in [0.15, 0.2) is 0 Å². The van der Waals surface area contributed by atoms with Gasteiger partial charge in [0.2, 0.25) is 0 Å². The summed E-state index contributed by atoms with van der Waals surface area (Å²) >= 11 is 0. The Bertz CT molecular complexity index is 446. The van der Waals surface area contributed by atoms with E-state index in [2.05, 4.69) is 15.3 Å². The van der Waals surface area contributed by atoms with E-state index in [0.29, 0.717) is 12.1 Å². The van der Waals surface area contributed by atoms with Crippen LogP contribution in [0.4, 0.5) is 5.82 Å². The molecule has 1 saturated carbocycles. The van der Waals surface area contributed by atoms with Crippen LogP contribution in [-0.2, 0) is 4.79 Å². The second-order valence-corrected chi connectivity index (χ2v) is 4.91. The van der Waals surface area contributed by atoms with Crippen molar-refractivity contribution in [2.24, 2.45) is 0 Å². The minimum atomic E-state index is -0.761. The number of aliphatic carboxylic acids is 1. The number of hydrogen-bond acceptors (Lipinski definition) is 5. The normalized spacial score (nSPS) is 22.1. The van der Waals surface area contributed by atoms with Crippen molar-refractivity contribution in [3.05, 3.63) is 18.1 Å². The summed E-state index contributed by atoms with van der Waals surface area (Å²) in [5.74, 6) is 0.0651. The number of carbonyl (C=O) groups is 1. The average Bonchev–Trinajstić information content (AvgIpc) is 2.32. The maximum absolute atomic E-state index is 10.8. The highest BCUT2D eigenvalue weighted by Gasteiger charge is 2.34. The molecule has 6 nitrogen and oxygen atoms in total. The standard InChI is InChI=1S/C13H20N4O2/c1-3-17(8-12(18)19)11-6-10(7-11)16-13-9(2)14-4-5-15-13/h4-5,10-11H,3,6-8H2,1-2H3,(H,15,16)(H,18,19). The molecule has 0 unspecified atom stereocenters. The molecule has 1 aromatic heterocycles.